The molecule has 0 saturated carbocycles. The maximum Gasteiger partial charge on any atom is 0.141 e. The lowest BCUT2D eigenvalue weighted by molar-refractivity contribution is -0.113. The number of pyridine rings is 1. The Hall–Kier alpha value is -3.00. The molecule has 2 heterocycles. The van der Waals surface area contributed by atoms with Gasteiger partial charge in [0.05, 0.1) is 22.9 Å². The van der Waals surface area contributed by atoms with Gasteiger partial charge in [-0.05, 0) is 62.3 Å². The smallest absolute Gasteiger partial charge is 0.141 e. The first-order chi connectivity index (χ1) is 16.9. The van der Waals surface area contributed by atoms with Crippen molar-refractivity contribution < 1.29 is 9.18 Å². The van der Waals surface area contributed by atoms with E-state index in [1.165, 1.54) is 12.1 Å². The van der Waals surface area contributed by atoms with Gasteiger partial charge in [-0.2, -0.15) is 0 Å². The van der Waals surface area contributed by atoms with Gasteiger partial charge in [-0.1, -0.05) is 35.9 Å². The van der Waals surface area contributed by atoms with E-state index in [2.05, 4.69) is 39.5 Å². The van der Waals surface area contributed by atoms with E-state index in [1.54, 1.807) is 12.3 Å². The lowest BCUT2D eigenvalue weighted by atomic mass is 9.99. The normalized spacial score (nSPS) is 15.7. The van der Waals surface area contributed by atoms with E-state index >= 15 is 0 Å². The van der Waals surface area contributed by atoms with Crippen molar-refractivity contribution in [1.29, 1.82) is 0 Å². The maximum absolute atomic E-state index is 13.5. The molecule has 1 atom stereocenters. The molecule has 2 aromatic carbocycles. The summed E-state index contributed by atoms with van der Waals surface area (Å²) in [6.07, 6.45) is 4.71. The Balaban J connectivity index is 1.44. The maximum atomic E-state index is 13.5. The third-order valence-electron chi connectivity index (χ3n) is 6.48. The highest BCUT2D eigenvalue weighted by molar-refractivity contribution is 6.33. The molecule has 1 aromatic heterocycles. The van der Waals surface area contributed by atoms with Crippen LogP contribution in [0.2, 0.25) is 5.02 Å². The first-order valence-corrected chi connectivity index (χ1v) is 12.2. The van der Waals surface area contributed by atoms with Crippen LogP contribution >= 0.6 is 11.6 Å². The first kappa shape index (κ1) is 25.1. The summed E-state index contributed by atoms with van der Waals surface area (Å²) in [5, 5.41) is 7.03. The molecule has 184 valence electrons. The summed E-state index contributed by atoms with van der Waals surface area (Å²) in [7, 11) is 4.22. The van der Waals surface area contributed by atoms with E-state index < -0.39 is 0 Å². The number of carbonyl (C=O) groups is 1. The average Bonchev–Trinajstić information content (AvgIpc) is 2.85. The van der Waals surface area contributed by atoms with Crippen molar-refractivity contribution >= 4 is 35.1 Å². The van der Waals surface area contributed by atoms with Crippen LogP contribution in [0.5, 0.6) is 0 Å². The van der Waals surface area contributed by atoms with Crippen molar-refractivity contribution in [3.05, 3.63) is 82.8 Å². The fourth-order valence-electron chi connectivity index (χ4n) is 4.49. The summed E-state index contributed by atoms with van der Waals surface area (Å²) in [6, 6.07) is 16.4. The number of rotatable bonds is 9. The fraction of sp³-hybridized carbons (Fsp3) is 0.333. The van der Waals surface area contributed by atoms with Gasteiger partial charge < -0.3 is 20.3 Å². The van der Waals surface area contributed by atoms with Gasteiger partial charge in [0.1, 0.15) is 17.9 Å². The van der Waals surface area contributed by atoms with E-state index in [9.17, 15) is 9.18 Å². The Bertz CT molecular complexity index is 1150. The zero-order valence-electron chi connectivity index (χ0n) is 20.0. The van der Waals surface area contributed by atoms with Crippen molar-refractivity contribution in [2.45, 2.75) is 31.5 Å². The van der Waals surface area contributed by atoms with Crippen LogP contribution in [0.15, 0.2) is 60.8 Å². The van der Waals surface area contributed by atoms with Gasteiger partial charge in [0.2, 0.25) is 0 Å². The Morgan fingerprint density at radius 1 is 1.17 bits per heavy atom. The minimum absolute atomic E-state index is 0.275. The number of hydrogen-bond acceptors (Lipinski definition) is 6. The van der Waals surface area contributed by atoms with Gasteiger partial charge in [0.15, 0.2) is 0 Å². The number of aromatic nitrogens is 1. The highest BCUT2D eigenvalue weighted by atomic mass is 35.5. The quantitative estimate of drug-likeness (QED) is 0.382. The van der Waals surface area contributed by atoms with Crippen molar-refractivity contribution in [1.82, 2.24) is 14.8 Å². The Labute approximate surface area is 211 Å². The molecule has 1 aliphatic rings. The van der Waals surface area contributed by atoms with E-state index in [0.29, 0.717) is 29.1 Å². The van der Waals surface area contributed by atoms with Crippen LogP contribution in [-0.2, 0) is 11.3 Å². The van der Waals surface area contributed by atoms with Gasteiger partial charge in [0, 0.05) is 37.4 Å². The summed E-state index contributed by atoms with van der Waals surface area (Å²) in [4.78, 5) is 20.9. The monoisotopic (exact) mass is 495 g/mol. The molecule has 2 N–H and O–H groups in total. The Morgan fingerprint density at radius 2 is 1.94 bits per heavy atom. The van der Waals surface area contributed by atoms with Crippen molar-refractivity contribution in [3.8, 4) is 0 Å². The summed E-state index contributed by atoms with van der Waals surface area (Å²) < 4.78 is 13.5. The van der Waals surface area contributed by atoms with Crippen molar-refractivity contribution in [2.75, 3.05) is 37.8 Å². The van der Waals surface area contributed by atoms with E-state index in [1.807, 2.05) is 36.4 Å². The van der Waals surface area contributed by atoms with Gasteiger partial charge in [-0.25, -0.2) is 9.37 Å². The van der Waals surface area contributed by atoms with Gasteiger partial charge in [-0.3, -0.25) is 4.90 Å². The van der Waals surface area contributed by atoms with Crippen molar-refractivity contribution in [3.63, 3.8) is 0 Å². The van der Waals surface area contributed by atoms with E-state index in [4.69, 9.17) is 11.6 Å². The number of piperidine rings is 1. The number of carbonyl (C=O) groups excluding carboxylic acids is 1. The summed E-state index contributed by atoms with van der Waals surface area (Å²) in [6.45, 7) is 2.22. The van der Waals surface area contributed by atoms with Gasteiger partial charge in [0.25, 0.3) is 0 Å². The minimum Gasteiger partial charge on any atom is -0.380 e. The molecule has 8 heteroatoms. The number of nitrogens with one attached hydrogen (secondary N) is 2. The molecule has 1 saturated heterocycles. The fourth-order valence-corrected chi connectivity index (χ4v) is 4.66. The second kappa shape index (κ2) is 11.6. The SMILES string of the molecule is CN(C)C1CCN(C(C=O)c2cccc(Nc3cc(NCc4cccc(F)c4)c(Cl)cn3)c2)CC1. The summed E-state index contributed by atoms with van der Waals surface area (Å²) >= 11 is 6.32. The number of benzene rings is 2. The average molecular weight is 496 g/mol. The number of halogens is 2. The summed E-state index contributed by atoms with van der Waals surface area (Å²) in [5.41, 5.74) is 3.30. The van der Waals surface area contributed by atoms with E-state index in [-0.39, 0.29) is 11.9 Å². The van der Waals surface area contributed by atoms with Crippen LogP contribution in [0, 0.1) is 5.82 Å². The lowest BCUT2D eigenvalue weighted by Gasteiger charge is -2.37. The standard InChI is InChI=1S/C27H31ClFN5O/c1-33(2)23-9-11-34(12-10-23)26(18-35)20-6-4-8-22(14-20)32-27-15-25(24(28)17-31-27)30-16-19-5-3-7-21(29)13-19/h3-8,13-15,17-18,23,26H,9-12,16H2,1-2H3,(H2,30,31,32). The molecular weight excluding hydrogens is 465 g/mol. The highest BCUT2D eigenvalue weighted by Crippen LogP contribution is 2.29. The highest BCUT2D eigenvalue weighted by Gasteiger charge is 2.26. The Kier molecular flexibility index (Phi) is 8.33. The second-order valence-electron chi connectivity index (χ2n) is 9.10. The number of nitrogens with zero attached hydrogens (tertiary/aromatic N) is 3. The third kappa shape index (κ3) is 6.57. The molecule has 1 fully saturated rings. The number of aldehydes is 1. The Morgan fingerprint density at radius 3 is 2.66 bits per heavy atom. The molecular formula is C27H31ClFN5O. The molecule has 4 rings (SSSR count). The first-order valence-electron chi connectivity index (χ1n) is 11.8. The second-order valence-corrected chi connectivity index (χ2v) is 9.50. The third-order valence-corrected chi connectivity index (χ3v) is 6.78. The van der Waals surface area contributed by atoms with Crippen molar-refractivity contribution in [2.24, 2.45) is 0 Å². The predicted molar refractivity (Wildman–Crippen MR) is 140 cm³/mol. The molecule has 35 heavy (non-hydrogen) atoms. The molecule has 3 aromatic rings. The van der Waals surface area contributed by atoms with Crippen LogP contribution in [0.3, 0.4) is 0 Å². The van der Waals surface area contributed by atoms with Crippen LogP contribution < -0.4 is 10.6 Å². The molecule has 1 aliphatic heterocycles. The molecule has 6 nitrogen and oxygen atoms in total. The zero-order valence-corrected chi connectivity index (χ0v) is 20.8. The van der Waals surface area contributed by atoms with Crippen LogP contribution in [-0.4, -0.2) is 54.3 Å². The van der Waals surface area contributed by atoms with Crippen LogP contribution in [0.25, 0.3) is 0 Å². The minimum atomic E-state index is -0.276. The largest absolute Gasteiger partial charge is 0.380 e. The molecule has 0 bridgehead atoms. The number of hydrogen-bond donors (Lipinski definition) is 2. The summed E-state index contributed by atoms with van der Waals surface area (Å²) in [5.74, 6) is 0.339. The molecule has 1 unspecified atom stereocenters. The number of anilines is 3. The number of likely N-dealkylation sites (tertiary alicyclic amines) is 1. The lowest BCUT2D eigenvalue weighted by Crippen LogP contribution is -2.43. The zero-order chi connectivity index (χ0) is 24.8. The molecule has 0 amide bonds. The van der Waals surface area contributed by atoms with E-state index in [0.717, 1.165) is 49.0 Å². The van der Waals surface area contributed by atoms with Crippen LogP contribution in [0.4, 0.5) is 21.6 Å². The molecule has 0 radical (unpaired) electrons. The van der Waals surface area contributed by atoms with Gasteiger partial charge in [-0.15, -0.1) is 0 Å². The van der Waals surface area contributed by atoms with Gasteiger partial charge >= 0.3 is 0 Å². The topological polar surface area (TPSA) is 60.5 Å². The van der Waals surface area contributed by atoms with Crippen LogP contribution in [0.1, 0.15) is 30.0 Å². The molecule has 0 spiro atoms. The molecule has 0 aliphatic carbocycles. The predicted octanol–water partition coefficient (Wildman–Crippen LogP) is 5.50.